The Balaban J connectivity index is 2.94. The van der Waals surface area contributed by atoms with Crippen LogP contribution in [0.2, 0.25) is 0 Å². The molecule has 0 aliphatic heterocycles. The van der Waals surface area contributed by atoms with Crippen LogP contribution in [-0.4, -0.2) is 32.3 Å². The largest absolute Gasteiger partial charge is 0.477 e. The van der Waals surface area contributed by atoms with E-state index in [1.165, 1.54) is 39.3 Å². The number of carbonyl (C=O) groups is 2. The van der Waals surface area contributed by atoms with Gasteiger partial charge in [0.25, 0.3) is 0 Å². The van der Waals surface area contributed by atoms with Gasteiger partial charge in [-0.1, -0.05) is 0 Å². The molecule has 0 aliphatic carbocycles. The van der Waals surface area contributed by atoms with Crippen molar-refractivity contribution in [1.29, 1.82) is 0 Å². The Kier molecular flexibility index (Phi) is 4.53. The van der Waals surface area contributed by atoms with Crippen LogP contribution < -0.4 is 10.5 Å². The van der Waals surface area contributed by atoms with Crippen molar-refractivity contribution in [1.82, 2.24) is 0 Å². The molecule has 6 heteroatoms. The molecule has 0 bridgehead atoms. The highest BCUT2D eigenvalue weighted by atomic mass is 16.6. The average molecular weight is 253 g/mol. The molecule has 0 aliphatic rings. The third-order valence-electron chi connectivity index (χ3n) is 2.27. The molecule has 1 atom stereocenters. The average Bonchev–Trinajstić information content (AvgIpc) is 2.39. The molecule has 1 rings (SSSR count). The van der Waals surface area contributed by atoms with Crippen LogP contribution in [0, 0.1) is 0 Å². The van der Waals surface area contributed by atoms with E-state index in [2.05, 4.69) is 9.47 Å². The zero-order chi connectivity index (χ0) is 13.7. The maximum absolute atomic E-state index is 11.3. The number of benzene rings is 1. The van der Waals surface area contributed by atoms with Gasteiger partial charge in [-0.15, -0.1) is 0 Å². The number of anilines is 1. The van der Waals surface area contributed by atoms with Crippen LogP contribution in [0.4, 0.5) is 5.69 Å². The summed E-state index contributed by atoms with van der Waals surface area (Å²) in [7, 11) is 2.53. The molecule has 1 aromatic rings. The van der Waals surface area contributed by atoms with Crippen LogP contribution >= 0.6 is 0 Å². The fourth-order valence-electron chi connectivity index (χ4n) is 1.29. The van der Waals surface area contributed by atoms with E-state index in [1.807, 2.05) is 0 Å². The van der Waals surface area contributed by atoms with E-state index in [1.54, 1.807) is 0 Å². The summed E-state index contributed by atoms with van der Waals surface area (Å²) >= 11 is 0. The van der Waals surface area contributed by atoms with Gasteiger partial charge in [-0.2, -0.15) is 0 Å². The third-order valence-corrected chi connectivity index (χ3v) is 2.27. The lowest BCUT2D eigenvalue weighted by atomic mass is 10.2. The van der Waals surface area contributed by atoms with Crippen molar-refractivity contribution in [3.8, 4) is 5.75 Å². The summed E-state index contributed by atoms with van der Waals surface area (Å²) in [5, 5.41) is 0. The molecule has 0 saturated carbocycles. The second-order valence-corrected chi connectivity index (χ2v) is 3.53. The summed E-state index contributed by atoms with van der Waals surface area (Å²) in [6.45, 7) is 1.52. The van der Waals surface area contributed by atoms with E-state index < -0.39 is 18.0 Å². The third kappa shape index (κ3) is 3.13. The van der Waals surface area contributed by atoms with E-state index in [0.29, 0.717) is 11.3 Å². The van der Waals surface area contributed by atoms with Gasteiger partial charge in [0.15, 0.2) is 6.10 Å². The van der Waals surface area contributed by atoms with Crippen LogP contribution in [0.3, 0.4) is 0 Å². The topological polar surface area (TPSA) is 87.9 Å². The Morgan fingerprint density at radius 1 is 1.22 bits per heavy atom. The zero-order valence-electron chi connectivity index (χ0n) is 10.4. The van der Waals surface area contributed by atoms with Crippen LogP contribution in [0.25, 0.3) is 0 Å². The highest BCUT2D eigenvalue weighted by molar-refractivity contribution is 5.90. The maximum Gasteiger partial charge on any atom is 0.346 e. The van der Waals surface area contributed by atoms with Crippen molar-refractivity contribution in [3.05, 3.63) is 23.8 Å². The molecule has 98 valence electrons. The van der Waals surface area contributed by atoms with Gasteiger partial charge in [-0.3, -0.25) is 0 Å². The van der Waals surface area contributed by atoms with Crippen LogP contribution in [-0.2, 0) is 14.3 Å². The molecule has 0 saturated heterocycles. The quantitative estimate of drug-likeness (QED) is 0.636. The van der Waals surface area contributed by atoms with E-state index in [4.69, 9.17) is 10.5 Å². The summed E-state index contributed by atoms with van der Waals surface area (Å²) in [4.78, 5) is 22.6. The molecular weight excluding hydrogens is 238 g/mol. The van der Waals surface area contributed by atoms with E-state index >= 15 is 0 Å². The number of nitrogen functional groups attached to an aromatic ring is 1. The van der Waals surface area contributed by atoms with Crippen LogP contribution in [0.15, 0.2) is 18.2 Å². The predicted molar refractivity (Wildman–Crippen MR) is 64.3 cm³/mol. The standard InChI is InChI=1S/C12H15NO5/c1-7(11(14)16-2)18-10-6-8(12(15)17-3)4-5-9(10)13/h4-7H,13H2,1-3H3. The van der Waals surface area contributed by atoms with Gasteiger partial charge in [0.2, 0.25) is 0 Å². The van der Waals surface area contributed by atoms with Crippen molar-refractivity contribution in [2.45, 2.75) is 13.0 Å². The van der Waals surface area contributed by atoms with Gasteiger partial charge < -0.3 is 19.9 Å². The highest BCUT2D eigenvalue weighted by Crippen LogP contribution is 2.24. The molecule has 0 amide bonds. The first kappa shape index (κ1) is 13.8. The number of methoxy groups -OCH3 is 2. The first-order valence-electron chi connectivity index (χ1n) is 5.22. The Bertz CT molecular complexity index is 458. The lowest BCUT2D eigenvalue weighted by molar-refractivity contribution is -0.147. The number of esters is 2. The lowest BCUT2D eigenvalue weighted by Crippen LogP contribution is -2.25. The molecule has 0 spiro atoms. The van der Waals surface area contributed by atoms with Crippen molar-refractivity contribution in [3.63, 3.8) is 0 Å². The Morgan fingerprint density at radius 2 is 1.89 bits per heavy atom. The SMILES string of the molecule is COC(=O)c1ccc(N)c(OC(C)C(=O)OC)c1. The summed E-state index contributed by atoms with van der Waals surface area (Å²) < 4.78 is 14.4. The first-order chi connectivity index (χ1) is 8.49. The number of nitrogens with two attached hydrogens (primary N) is 1. The normalized spacial score (nSPS) is 11.5. The number of hydrogen-bond donors (Lipinski definition) is 1. The maximum atomic E-state index is 11.3. The molecule has 6 nitrogen and oxygen atoms in total. The summed E-state index contributed by atoms with van der Waals surface area (Å²) in [6.07, 6.45) is -0.815. The number of hydrogen-bond acceptors (Lipinski definition) is 6. The van der Waals surface area contributed by atoms with Crippen LogP contribution in [0.5, 0.6) is 5.75 Å². The minimum absolute atomic E-state index is 0.232. The molecule has 0 heterocycles. The lowest BCUT2D eigenvalue weighted by Gasteiger charge is -2.14. The first-order valence-corrected chi connectivity index (χ1v) is 5.22. The predicted octanol–water partition coefficient (Wildman–Crippen LogP) is 0.996. The minimum atomic E-state index is -0.815. The second-order valence-electron chi connectivity index (χ2n) is 3.53. The van der Waals surface area contributed by atoms with Gasteiger partial charge in [-0.05, 0) is 25.1 Å². The molecular formula is C12H15NO5. The Hall–Kier alpha value is -2.24. The minimum Gasteiger partial charge on any atom is -0.477 e. The molecule has 0 fully saturated rings. The van der Waals surface area contributed by atoms with Gasteiger partial charge in [0.1, 0.15) is 5.75 Å². The van der Waals surface area contributed by atoms with Gasteiger partial charge >= 0.3 is 11.9 Å². The van der Waals surface area contributed by atoms with Crippen molar-refractivity contribution >= 4 is 17.6 Å². The molecule has 0 aromatic heterocycles. The monoisotopic (exact) mass is 253 g/mol. The molecule has 2 N–H and O–H groups in total. The summed E-state index contributed by atoms with van der Waals surface area (Å²) in [5.74, 6) is -0.806. The van der Waals surface area contributed by atoms with Crippen LogP contribution in [0.1, 0.15) is 17.3 Å². The van der Waals surface area contributed by atoms with Gasteiger partial charge in [-0.25, -0.2) is 9.59 Å². The fourth-order valence-corrected chi connectivity index (χ4v) is 1.29. The molecule has 0 radical (unpaired) electrons. The number of rotatable bonds is 4. The van der Waals surface area contributed by atoms with Crippen molar-refractivity contribution in [2.24, 2.45) is 0 Å². The molecule has 1 aromatic carbocycles. The zero-order valence-corrected chi connectivity index (χ0v) is 10.4. The van der Waals surface area contributed by atoms with E-state index in [-0.39, 0.29) is 5.75 Å². The Labute approximate surface area is 105 Å². The summed E-state index contributed by atoms with van der Waals surface area (Å²) in [6, 6.07) is 4.43. The highest BCUT2D eigenvalue weighted by Gasteiger charge is 2.17. The number of carbonyl (C=O) groups excluding carboxylic acids is 2. The van der Waals surface area contributed by atoms with E-state index in [0.717, 1.165) is 0 Å². The Morgan fingerprint density at radius 3 is 2.44 bits per heavy atom. The van der Waals surface area contributed by atoms with E-state index in [9.17, 15) is 9.59 Å². The number of ether oxygens (including phenoxy) is 3. The molecule has 1 unspecified atom stereocenters. The summed E-state index contributed by atoms with van der Waals surface area (Å²) in [5.41, 5.74) is 6.30. The van der Waals surface area contributed by atoms with Gasteiger partial charge in [0.05, 0.1) is 25.5 Å². The van der Waals surface area contributed by atoms with Gasteiger partial charge in [0, 0.05) is 0 Å². The van der Waals surface area contributed by atoms with Crippen molar-refractivity contribution in [2.75, 3.05) is 20.0 Å². The smallest absolute Gasteiger partial charge is 0.346 e. The molecule has 18 heavy (non-hydrogen) atoms. The fraction of sp³-hybridized carbons (Fsp3) is 0.333. The second kappa shape index (κ2) is 5.90. The van der Waals surface area contributed by atoms with Crippen molar-refractivity contribution < 1.29 is 23.8 Å².